The third kappa shape index (κ3) is 2.99. The number of hydrogen-bond donors (Lipinski definition) is 3. The molecular weight excluding hydrogens is 419 g/mol. The number of nitrogens with one attached hydrogen (secondary N) is 3. The molecule has 0 saturated carbocycles. The fourth-order valence-electron chi connectivity index (χ4n) is 3.35. The van der Waals surface area contributed by atoms with Gasteiger partial charge < -0.3 is 10.6 Å². The average molecular weight is 431 g/mol. The molecule has 12 heteroatoms. The van der Waals surface area contributed by atoms with Crippen LogP contribution in [0.1, 0.15) is 15.9 Å². The summed E-state index contributed by atoms with van der Waals surface area (Å²) < 4.78 is 43.6. The molecule has 1 aliphatic rings. The molecule has 0 spiro atoms. The van der Waals surface area contributed by atoms with Crippen LogP contribution in [0.25, 0.3) is 5.69 Å². The Bertz CT molecular complexity index is 1300. The number of aromatic amines is 1. The van der Waals surface area contributed by atoms with Gasteiger partial charge in [-0.05, 0) is 24.3 Å². The van der Waals surface area contributed by atoms with Crippen LogP contribution in [0, 0.1) is 0 Å². The van der Waals surface area contributed by atoms with Crippen LogP contribution in [0.4, 0.5) is 19.0 Å². The van der Waals surface area contributed by atoms with Crippen molar-refractivity contribution in [2.24, 2.45) is 0 Å². The number of para-hydroxylation sites is 1. The lowest BCUT2D eigenvalue weighted by molar-refractivity contribution is -0.196. The molecule has 2 aromatic heterocycles. The van der Waals surface area contributed by atoms with Crippen molar-refractivity contribution >= 4 is 17.6 Å². The minimum Gasteiger partial charge on any atom is -0.326 e. The minimum atomic E-state index is -5.42. The van der Waals surface area contributed by atoms with E-state index in [4.69, 9.17) is 0 Å². The van der Waals surface area contributed by atoms with Crippen LogP contribution >= 0.6 is 0 Å². The summed E-state index contributed by atoms with van der Waals surface area (Å²) in [5, 5.41) is 3.61. The summed E-state index contributed by atoms with van der Waals surface area (Å²) in [4.78, 5) is 55.6. The van der Waals surface area contributed by atoms with E-state index in [1.807, 2.05) is 5.32 Å². The average Bonchev–Trinajstić information content (AvgIpc) is 3.02. The molecule has 0 saturated heterocycles. The predicted octanol–water partition coefficient (Wildman–Crippen LogP) is 1.06. The Hall–Kier alpha value is -4.22. The first-order valence-corrected chi connectivity index (χ1v) is 8.73. The first-order valence-electron chi connectivity index (χ1n) is 8.73. The lowest BCUT2D eigenvalue weighted by Gasteiger charge is -2.30. The number of halogens is 3. The standard InChI is InChI=1S/C19H12F3N5O4/c20-19(21,22)18(26-14(28)10-6-8-23-9-7-10)12-13(24-16(18)30)27(17(31)25-15(12)29)11-4-2-1-3-5-11/h1-9H,(H,24,30)(H,26,28)(H,25,29,31)/t18-/m1/s1. The summed E-state index contributed by atoms with van der Waals surface area (Å²) >= 11 is 0. The molecule has 1 aliphatic heterocycles. The molecule has 1 aromatic carbocycles. The minimum absolute atomic E-state index is 0.0961. The van der Waals surface area contributed by atoms with Gasteiger partial charge in [-0.25, -0.2) is 9.36 Å². The van der Waals surface area contributed by atoms with E-state index in [1.54, 1.807) is 16.4 Å². The van der Waals surface area contributed by atoms with Crippen molar-refractivity contribution in [3.8, 4) is 5.69 Å². The molecule has 3 heterocycles. The molecule has 9 nitrogen and oxygen atoms in total. The summed E-state index contributed by atoms with van der Waals surface area (Å²) in [6, 6.07) is 9.71. The zero-order valence-corrected chi connectivity index (χ0v) is 15.4. The van der Waals surface area contributed by atoms with E-state index in [2.05, 4.69) is 4.98 Å². The summed E-state index contributed by atoms with van der Waals surface area (Å²) in [5.41, 5.74) is -7.51. The molecule has 0 bridgehead atoms. The Balaban J connectivity index is 1.99. The normalized spacial score (nSPS) is 17.7. The van der Waals surface area contributed by atoms with Crippen molar-refractivity contribution in [2.45, 2.75) is 11.7 Å². The van der Waals surface area contributed by atoms with E-state index in [9.17, 15) is 32.3 Å². The maximum absolute atomic E-state index is 14.3. The van der Waals surface area contributed by atoms with Crippen LogP contribution in [-0.4, -0.2) is 32.5 Å². The van der Waals surface area contributed by atoms with E-state index in [-0.39, 0.29) is 11.3 Å². The zero-order valence-electron chi connectivity index (χ0n) is 15.4. The topological polar surface area (TPSA) is 126 Å². The smallest absolute Gasteiger partial charge is 0.326 e. The van der Waals surface area contributed by atoms with Gasteiger partial charge in [0.1, 0.15) is 11.4 Å². The predicted molar refractivity (Wildman–Crippen MR) is 101 cm³/mol. The molecule has 1 atom stereocenters. The molecule has 0 unspecified atom stereocenters. The zero-order chi connectivity index (χ0) is 22.4. The summed E-state index contributed by atoms with van der Waals surface area (Å²) in [7, 11) is 0. The van der Waals surface area contributed by atoms with Crippen LogP contribution in [0.5, 0.6) is 0 Å². The monoisotopic (exact) mass is 431 g/mol. The number of pyridine rings is 1. The number of rotatable bonds is 3. The van der Waals surface area contributed by atoms with Gasteiger partial charge in [-0.15, -0.1) is 0 Å². The van der Waals surface area contributed by atoms with Crippen molar-refractivity contribution in [1.82, 2.24) is 19.9 Å². The quantitative estimate of drug-likeness (QED) is 0.572. The fraction of sp³-hybridized carbons (Fsp3) is 0.105. The highest BCUT2D eigenvalue weighted by atomic mass is 19.4. The Kier molecular flexibility index (Phi) is 4.49. The van der Waals surface area contributed by atoms with Crippen molar-refractivity contribution in [1.29, 1.82) is 0 Å². The maximum atomic E-state index is 14.3. The Morgan fingerprint density at radius 1 is 1.03 bits per heavy atom. The van der Waals surface area contributed by atoms with Crippen LogP contribution < -0.4 is 21.9 Å². The number of anilines is 1. The number of fused-ring (bicyclic) bond motifs is 1. The van der Waals surface area contributed by atoms with Gasteiger partial charge in [-0.3, -0.25) is 24.4 Å². The van der Waals surface area contributed by atoms with Crippen LogP contribution in [0.3, 0.4) is 0 Å². The molecule has 0 radical (unpaired) electrons. The maximum Gasteiger partial charge on any atom is 0.425 e. The van der Waals surface area contributed by atoms with Gasteiger partial charge in [0.05, 0.1) is 5.69 Å². The second-order valence-electron chi connectivity index (χ2n) is 6.55. The number of alkyl halides is 3. The molecule has 2 amide bonds. The molecular formula is C19H12F3N5O4. The number of carbonyl (C=O) groups is 2. The highest BCUT2D eigenvalue weighted by Gasteiger charge is 2.68. The van der Waals surface area contributed by atoms with E-state index >= 15 is 0 Å². The largest absolute Gasteiger partial charge is 0.425 e. The summed E-state index contributed by atoms with van der Waals surface area (Å²) in [5.74, 6) is -3.67. The van der Waals surface area contributed by atoms with Crippen molar-refractivity contribution < 1.29 is 22.8 Å². The van der Waals surface area contributed by atoms with Crippen LogP contribution in [0.15, 0.2) is 64.4 Å². The lowest BCUT2D eigenvalue weighted by Crippen LogP contribution is -2.62. The second-order valence-corrected chi connectivity index (χ2v) is 6.55. The fourth-order valence-corrected chi connectivity index (χ4v) is 3.35. The van der Waals surface area contributed by atoms with Crippen molar-refractivity contribution in [3.63, 3.8) is 0 Å². The second kappa shape index (κ2) is 6.93. The molecule has 158 valence electrons. The number of amides is 2. The first-order chi connectivity index (χ1) is 14.7. The highest BCUT2D eigenvalue weighted by Crippen LogP contribution is 2.45. The van der Waals surface area contributed by atoms with Crippen molar-refractivity contribution in [3.05, 3.63) is 86.8 Å². The number of nitrogens with zero attached hydrogens (tertiary/aromatic N) is 2. The van der Waals surface area contributed by atoms with E-state index in [0.717, 1.165) is 16.7 Å². The van der Waals surface area contributed by atoms with E-state index in [1.165, 1.54) is 36.7 Å². The van der Waals surface area contributed by atoms with Crippen molar-refractivity contribution in [2.75, 3.05) is 5.32 Å². The molecule has 4 rings (SSSR count). The Morgan fingerprint density at radius 3 is 2.29 bits per heavy atom. The van der Waals surface area contributed by atoms with Gasteiger partial charge in [0.25, 0.3) is 22.9 Å². The van der Waals surface area contributed by atoms with Gasteiger partial charge in [0.2, 0.25) is 0 Å². The number of H-pyrrole nitrogens is 1. The third-order valence-electron chi connectivity index (χ3n) is 4.74. The molecule has 31 heavy (non-hydrogen) atoms. The van der Waals surface area contributed by atoms with Gasteiger partial charge >= 0.3 is 11.9 Å². The third-order valence-corrected chi connectivity index (χ3v) is 4.74. The summed E-state index contributed by atoms with van der Waals surface area (Å²) in [6.45, 7) is 0. The van der Waals surface area contributed by atoms with Crippen LogP contribution in [-0.2, 0) is 10.3 Å². The van der Waals surface area contributed by atoms with Gasteiger partial charge in [0.15, 0.2) is 0 Å². The van der Waals surface area contributed by atoms with Gasteiger partial charge in [-0.2, -0.15) is 13.2 Å². The number of benzene rings is 1. The Labute approximate surface area is 170 Å². The first kappa shape index (κ1) is 20.1. The Morgan fingerprint density at radius 2 is 1.68 bits per heavy atom. The van der Waals surface area contributed by atoms with Gasteiger partial charge in [0, 0.05) is 18.0 Å². The van der Waals surface area contributed by atoms with E-state index in [0.29, 0.717) is 0 Å². The number of aromatic nitrogens is 3. The number of carbonyl (C=O) groups excluding carboxylic acids is 2. The molecule has 0 fully saturated rings. The molecule has 3 N–H and O–H groups in total. The summed E-state index contributed by atoms with van der Waals surface area (Å²) in [6.07, 6.45) is -3.06. The lowest BCUT2D eigenvalue weighted by atomic mass is 9.91. The van der Waals surface area contributed by atoms with E-state index < -0.39 is 46.2 Å². The highest BCUT2D eigenvalue weighted by molar-refractivity contribution is 6.09. The molecule has 0 aliphatic carbocycles. The number of hydrogen-bond acceptors (Lipinski definition) is 5. The SMILES string of the molecule is O=C(N[C@@]1(C(F)(F)F)C(=O)Nc2c1c(=O)[nH]c(=O)n2-c1ccccc1)c1ccncc1. The van der Waals surface area contributed by atoms with Gasteiger partial charge in [-0.1, -0.05) is 18.2 Å². The molecule has 3 aromatic rings. The van der Waals surface area contributed by atoms with Crippen LogP contribution in [0.2, 0.25) is 0 Å².